The highest BCUT2D eigenvalue weighted by Gasteiger charge is 2.33. The third-order valence-corrected chi connectivity index (χ3v) is 3.78. The molecular formula is C15H12ClN3O4. The smallest absolute Gasteiger partial charge is 0.288 e. The molecule has 0 aliphatic carbocycles. The lowest BCUT2D eigenvalue weighted by molar-refractivity contribution is -0.384. The molecule has 1 saturated heterocycles. The summed E-state index contributed by atoms with van der Waals surface area (Å²) in [4.78, 5) is 28.1. The molecule has 1 aromatic carbocycles. The molecule has 0 unspecified atom stereocenters. The maximum atomic E-state index is 12.3. The van der Waals surface area contributed by atoms with E-state index in [4.69, 9.17) is 16.3 Å². The number of benzene rings is 1. The summed E-state index contributed by atoms with van der Waals surface area (Å²) < 4.78 is 5.66. The highest BCUT2D eigenvalue weighted by atomic mass is 35.5. The molecule has 0 radical (unpaired) electrons. The van der Waals surface area contributed by atoms with E-state index in [0.717, 1.165) is 0 Å². The number of carbonyl (C=O) groups excluding carboxylic acids is 1. The van der Waals surface area contributed by atoms with Crippen molar-refractivity contribution in [3.63, 3.8) is 0 Å². The molecule has 0 bridgehead atoms. The number of carbonyl (C=O) groups is 1. The number of aromatic nitrogens is 1. The fraction of sp³-hybridized carbons (Fsp3) is 0.200. The van der Waals surface area contributed by atoms with Crippen LogP contribution in [-0.2, 0) is 0 Å². The molecule has 1 aliphatic rings. The van der Waals surface area contributed by atoms with Crippen molar-refractivity contribution in [1.82, 2.24) is 9.88 Å². The predicted octanol–water partition coefficient (Wildman–Crippen LogP) is 2.55. The van der Waals surface area contributed by atoms with Gasteiger partial charge in [0.1, 0.15) is 16.9 Å². The number of rotatable bonds is 4. The van der Waals surface area contributed by atoms with E-state index in [0.29, 0.717) is 18.8 Å². The maximum Gasteiger partial charge on any atom is 0.288 e. The van der Waals surface area contributed by atoms with Crippen LogP contribution in [0.15, 0.2) is 42.7 Å². The van der Waals surface area contributed by atoms with Crippen LogP contribution in [0.2, 0.25) is 5.02 Å². The van der Waals surface area contributed by atoms with Gasteiger partial charge >= 0.3 is 0 Å². The summed E-state index contributed by atoms with van der Waals surface area (Å²) >= 11 is 5.74. The first-order valence-electron chi connectivity index (χ1n) is 6.84. The molecule has 1 amide bonds. The fourth-order valence-electron chi connectivity index (χ4n) is 2.26. The maximum absolute atomic E-state index is 12.3. The zero-order valence-corrected chi connectivity index (χ0v) is 12.6. The number of nitro benzene ring substituents is 1. The Labute approximate surface area is 136 Å². The molecule has 3 rings (SSSR count). The molecule has 7 nitrogen and oxygen atoms in total. The minimum atomic E-state index is -0.608. The van der Waals surface area contributed by atoms with Gasteiger partial charge in [0.15, 0.2) is 0 Å². The second kappa shape index (κ2) is 6.21. The average Bonchev–Trinajstić information content (AvgIpc) is 2.51. The van der Waals surface area contributed by atoms with E-state index < -0.39 is 4.92 Å². The highest BCUT2D eigenvalue weighted by molar-refractivity contribution is 6.32. The first-order chi connectivity index (χ1) is 11.0. The number of nitrogens with zero attached hydrogens (tertiary/aromatic N) is 3. The second-order valence-corrected chi connectivity index (χ2v) is 5.47. The molecule has 23 heavy (non-hydrogen) atoms. The Kier molecular flexibility index (Phi) is 4.12. The van der Waals surface area contributed by atoms with Crippen LogP contribution < -0.4 is 4.74 Å². The quantitative estimate of drug-likeness (QED) is 0.634. The number of pyridine rings is 1. The highest BCUT2D eigenvalue weighted by Crippen LogP contribution is 2.27. The largest absolute Gasteiger partial charge is 0.485 e. The molecular weight excluding hydrogens is 322 g/mol. The lowest BCUT2D eigenvalue weighted by Crippen LogP contribution is -2.56. The summed E-state index contributed by atoms with van der Waals surface area (Å²) in [6, 6.07) is 7.59. The van der Waals surface area contributed by atoms with Crippen LogP contribution in [0.5, 0.6) is 5.75 Å². The van der Waals surface area contributed by atoms with E-state index in [9.17, 15) is 14.9 Å². The lowest BCUT2D eigenvalue weighted by Gasteiger charge is -2.38. The van der Waals surface area contributed by atoms with Crippen LogP contribution in [0.1, 0.15) is 10.4 Å². The molecule has 1 fully saturated rings. The van der Waals surface area contributed by atoms with Gasteiger partial charge in [-0.05, 0) is 24.3 Å². The Hall–Kier alpha value is -2.67. The normalized spacial score (nSPS) is 14.2. The van der Waals surface area contributed by atoms with E-state index in [2.05, 4.69) is 4.98 Å². The van der Waals surface area contributed by atoms with Crippen LogP contribution in [0.3, 0.4) is 0 Å². The second-order valence-electron chi connectivity index (χ2n) is 5.06. The van der Waals surface area contributed by atoms with Crippen LogP contribution >= 0.6 is 11.6 Å². The fourth-order valence-corrected chi connectivity index (χ4v) is 2.44. The van der Waals surface area contributed by atoms with E-state index >= 15 is 0 Å². The van der Waals surface area contributed by atoms with Gasteiger partial charge in [-0.3, -0.25) is 19.9 Å². The topological polar surface area (TPSA) is 85.6 Å². The molecule has 0 N–H and O–H groups in total. The number of hydrogen-bond acceptors (Lipinski definition) is 5. The van der Waals surface area contributed by atoms with E-state index in [-0.39, 0.29) is 28.3 Å². The van der Waals surface area contributed by atoms with Gasteiger partial charge in [0.25, 0.3) is 11.6 Å². The number of halogens is 1. The lowest BCUT2D eigenvalue weighted by atomic mass is 10.1. The van der Waals surface area contributed by atoms with Crippen molar-refractivity contribution >= 4 is 23.2 Å². The number of amides is 1. The molecule has 0 atom stereocenters. The van der Waals surface area contributed by atoms with Crippen molar-refractivity contribution in [2.24, 2.45) is 0 Å². The van der Waals surface area contributed by atoms with Crippen LogP contribution in [0.4, 0.5) is 5.69 Å². The first kappa shape index (κ1) is 15.2. The van der Waals surface area contributed by atoms with Gasteiger partial charge in [-0.25, -0.2) is 0 Å². The summed E-state index contributed by atoms with van der Waals surface area (Å²) in [6.45, 7) is 0.842. The molecule has 2 aromatic rings. The number of nitro groups is 1. The van der Waals surface area contributed by atoms with Crippen molar-refractivity contribution in [3.8, 4) is 5.75 Å². The zero-order chi connectivity index (χ0) is 16.4. The zero-order valence-electron chi connectivity index (χ0n) is 11.9. The first-order valence-corrected chi connectivity index (χ1v) is 7.22. The van der Waals surface area contributed by atoms with Crippen molar-refractivity contribution in [2.75, 3.05) is 13.1 Å². The van der Waals surface area contributed by atoms with Gasteiger partial charge < -0.3 is 9.64 Å². The monoisotopic (exact) mass is 333 g/mol. The van der Waals surface area contributed by atoms with Crippen molar-refractivity contribution < 1.29 is 14.5 Å². The minimum Gasteiger partial charge on any atom is -0.485 e. The summed E-state index contributed by atoms with van der Waals surface area (Å²) in [6.07, 6.45) is 3.15. The van der Waals surface area contributed by atoms with Crippen molar-refractivity contribution in [1.29, 1.82) is 0 Å². The molecule has 0 spiro atoms. The SMILES string of the molecule is O=C(c1ccc(Cl)c([N+](=O)[O-])c1)N1CC(Oc2cccnc2)C1. The van der Waals surface area contributed by atoms with Crippen LogP contribution in [0.25, 0.3) is 0 Å². The van der Waals surface area contributed by atoms with E-state index in [1.54, 1.807) is 29.4 Å². The van der Waals surface area contributed by atoms with Crippen LogP contribution in [0, 0.1) is 10.1 Å². The Balaban J connectivity index is 1.63. The molecule has 8 heteroatoms. The molecule has 0 saturated carbocycles. The summed E-state index contributed by atoms with van der Waals surface area (Å²) in [7, 11) is 0. The molecule has 2 heterocycles. The summed E-state index contributed by atoms with van der Waals surface area (Å²) in [5.74, 6) is 0.363. The molecule has 1 aromatic heterocycles. The van der Waals surface area contributed by atoms with Gasteiger partial charge in [-0.1, -0.05) is 11.6 Å². The molecule has 118 valence electrons. The minimum absolute atomic E-state index is 0.00736. The van der Waals surface area contributed by atoms with E-state index in [1.807, 2.05) is 0 Å². The Bertz CT molecular complexity index is 748. The van der Waals surface area contributed by atoms with Gasteiger partial charge in [0, 0.05) is 17.8 Å². The Morgan fingerprint density at radius 1 is 1.39 bits per heavy atom. The van der Waals surface area contributed by atoms with E-state index in [1.165, 1.54) is 18.2 Å². The van der Waals surface area contributed by atoms with Gasteiger partial charge in [0.05, 0.1) is 24.2 Å². The third kappa shape index (κ3) is 3.24. The number of ether oxygens (including phenoxy) is 1. The average molecular weight is 334 g/mol. The standard InChI is InChI=1S/C15H12ClN3O4/c16-13-4-3-10(6-14(13)19(21)22)15(20)18-8-12(9-18)23-11-2-1-5-17-7-11/h1-7,12H,8-9H2. The predicted molar refractivity (Wildman–Crippen MR) is 82.7 cm³/mol. The molecule has 1 aliphatic heterocycles. The van der Waals surface area contributed by atoms with Crippen molar-refractivity contribution in [2.45, 2.75) is 6.10 Å². The van der Waals surface area contributed by atoms with Crippen molar-refractivity contribution in [3.05, 3.63) is 63.4 Å². The third-order valence-electron chi connectivity index (χ3n) is 3.46. The number of likely N-dealkylation sites (tertiary alicyclic amines) is 1. The van der Waals surface area contributed by atoms with Gasteiger partial charge in [0.2, 0.25) is 0 Å². The Morgan fingerprint density at radius 3 is 2.83 bits per heavy atom. The van der Waals surface area contributed by atoms with Gasteiger partial charge in [-0.2, -0.15) is 0 Å². The van der Waals surface area contributed by atoms with Gasteiger partial charge in [-0.15, -0.1) is 0 Å². The summed E-state index contributed by atoms with van der Waals surface area (Å²) in [5, 5.41) is 10.9. The summed E-state index contributed by atoms with van der Waals surface area (Å²) in [5.41, 5.74) is -0.0397. The Morgan fingerprint density at radius 2 is 2.17 bits per heavy atom. The number of hydrogen-bond donors (Lipinski definition) is 0. The van der Waals surface area contributed by atoms with Crippen LogP contribution in [-0.4, -0.2) is 39.9 Å².